The molecule has 6 nitrogen and oxygen atoms in total. The largest absolute Gasteiger partial charge is 0.299 e. The van der Waals surface area contributed by atoms with Crippen molar-refractivity contribution in [1.29, 1.82) is 0 Å². The molecule has 160 valence electrons. The Labute approximate surface area is 178 Å². The first-order valence-electron chi connectivity index (χ1n) is 9.19. The van der Waals surface area contributed by atoms with Gasteiger partial charge in [-0.25, -0.2) is 8.42 Å². The average molecular weight is 457 g/mol. The highest BCUT2D eigenvalue weighted by molar-refractivity contribution is 8.72. The van der Waals surface area contributed by atoms with Gasteiger partial charge in [0.1, 0.15) is 0 Å². The molecule has 9 heteroatoms. The van der Waals surface area contributed by atoms with E-state index in [0.717, 1.165) is 21.9 Å². The molecule has 0 saturated heterocycles. The highest BCUT2D eigenvalue weighted by Crippen LogP contribution is 2.40. The quantitative estimate of drug-likeness (QED) is 0.604. The van der Waals surface area contributed by atoms with Gasteiger partial charge in [-0.15, -0.1) is 0 Å². The van der Waals surface area contributed by atoms with Crippen molar-refractivity contribution in [3.63, 3.8) is 0 Å². The lowest BCUT2D eigenvalue weighted by molar-refractivity contribution is 0.577. The third-order valence-corrected chi connectivity index (χ3v) is 8.74. The monoisotopic (exact) mass is 456 g/mol. The molecule has 0 aliphatic heterocycles. The minimum atomic E-state index is -3.69. The van der Waals surface area contributed by atoms with Crippen LogP contribution in [0.5, 0.6) is 0 Å². The van der Waals surface area contributed by atoms with E-state index in [-0.39, 0.29) is 11.4 Å². The summed E-state index contributed by atoms with van der Waals surface area (Å²) < 4.78 is 55.0. The van der Waals surface area contributed by atoms with E-state index < -0.39 is 24.5 Å². The molecule has 0 amide bonds. The van der Waals surface area contributed by atoms with Gasteiger partial charge in [0.05, 0.1) is 10.6 Å². The molecule has 0 heterocycles. The molecule has 0 aromatic heterocycles. The van der Waals surface area contributed by atoms with Crippen molar-refractivity contribution in [3.05, 3.63) is 53.1 Å². The molecule has 0 saturated carbocycles. The first kappa shape index (κ1) is 23.7. The van der Waals surface area contributed by atoms with Crippen molar-refractivity contribution in [2.45, 2.75) is 56.7 Å². The fourth-order valence-corrected chi connectivity index (χ4v) is 6.88. The second-order valence-corrected chi connectivity index (χ2v) is 13.2. The molecular formula is C20H28N2O4S3. The lowest BCUT2D eigenvalue weighted by atomic mass is 9.86. The predicted molar refractivity (Wildman–Crippen MR) is 120 cm³/mol. The second-order valence-electron chi connectivity index (χ2n) is 7.87. The topological polar surface area (TPSA) is 92.3 Å². The summed E-state index contributed by atoms with van der Waals surface area (Å²) in [5.74, 6) is 0. The Morgan fingerprint density at radius 3 is 2.07 bits per heavy atom. The highest BCUT2D eigenvalue weighted by Gasteiger charge is 2.26. The van der Waals surface area contributed by atoms with Gasteiger partial charge in [-0.2, -0.15) is 13.1 Å². The number of aryl methyl sites for hydroxylation is 2. The molecule has 2 aromatic rings. The van der Waals surface area contributed by atoms with Crippen LogP contribution in [0.25, 0.3) is 0 Å². The third-order valence-electron chi connectivity index (χ3n) is 4.22. The number of rotatable bonds is 7. The Morgan fingerprint density at radius 2 is 1.55 bits per heavy atom. The minimum Gasteiger partial charge on any atom is -0.271 e. The van der Waals surface area contributed by atoms with Gasteiger partial charge in [-0.1, -0.05) is 45.4 Å². The van der Waals surface area contributed by atoms with E-state index in [1.54, 1.807) is 50.2 Å². The molecule has 0 atom stereocenters. The van der Waals surface area contributed by atoms with Gasteiger partial charge in [0.2, 0.25) is 8.87 Å². The first-order chi connectivity index (χ1) is 13.2. The molecule has 2 rings (SSSR count). The molecule has 0 radical (unpaired) electrons. The highest BCUT2D eigenvalue weighted by atomic mass is 33.1. The summed E-state index contributed by atoms with van der Waals surface area (Å²) in [4.78, 5) is 0.824. The van der Waals surface area contributed by atoms with Crippen molar-refractivity contribution in [3.8, 4) is 0 Å². The summed E-state index contributed by atoms with van der Waals surface area (Å²) in [7, 11) is -6.52. The molecule has 0 fully saturated rings. The van der Waals surface area contributed by atoms with Crippen LogP contribution in [-0.4, -0.2) is 23.4 Å². The van der Waals surface area contributed by atoms with Crippen molar-refractivity contribution < 1.29 is 16.8 Å². The zero-order chi connectivity index (χ0) is 22.0. The normalized spacial score (nSPS) is 12.8. The van der Waals surface area contributed by atoms with Gasteiger partial charge in [0.15, 0.2) is 0 Å². The van der Waals surface area contributed by atoms with Crippen LogP contribution < -0.4 is 9.44 Å². The Balaban J connectivity index is 2.52. The van der Waals surface area contributed by atoms with Crippen LogP contribution in [0.4, 0.5) is 5.69 Å². The third kappa shape index (κ3) is 6.21. The minimum absolute atomic E-state index is 0.238. The maximum Gasteiger partial charge on any atom is 0.299 e. The van der Waals surface area contributed by atoms with Crippen molar-refractivity contribution in [1.82, 2.24) is 4.72 Å². The Kier molecular flexibility index (Phi) is 7.09. The number of hydrogen-bond acceptors (Lipinski definition) is 5. The fourth-order valence-electron chi connectivity index (χ4n) is 2.69. The number of benzene rings is 2. The lowest BCUT2D eigenvalue weighted by Gasteiger charge is -2.25. The van der Waals surface area contributed by atoms with Gasteiger partial charge in [-0.3, -0.25) is 4.72 Å². The summed E-state index contributed by atoms with van der Waals surface area (Å²) >= 11 is 0. The molecule has 2 aromatic carbocycles. The van der Waals surface area contributed by atoms with E-state index in [2.05, 4.69) is 9.44 Å². The van der Waals surface area contributed by atoms with Crippen LogP contribution in [0.1, 0.15) is 44.4 Å². The SMILES string of the molecule is CCNS(=O)(=O)Nc1cc(C(C)(C)C)c(SS(=O)(=O)c2ccc(C)cc2)cc1C. The Morgan fingerprint density at radius 1 is 0.966 bits per heavy atom. The van der Waals surface area contributed by atoms with E-state index in [4.69, 9.17) is 0 Å². The van der Waals surface area contributed by atoms with Crippen molar-refractivity contribution in [2.75, 3.05) is 11.3 Å². The number of hydrogen-bond donors (Lipinski definition) is 2. The van der Waals surface area contributed by atoms with Crippen LogP contribution in [0, 0.1) is 13.8 Å². The van der Waals surface area contributed by atoms with Crippen LogP contribution in [-0.2, 0) is 24.5 Å². The van der Waals surface area contributed by atoms with Crippen molar-refractivity contribution >= 4 is 35.6 Å². The summed E-state index contributed by atoms with van der Waals surface area (Å²) in [5.41, 5.74) is 2.40. The zero-order valence-corrected chi connectivity index (χ0v) is 20.0. The summed E-state index contributed by atoms with van der Waals surface area (Å²) in [5, 5.41) is 0. The molecule has 29 heavy (non-hydrogen) atoms. The van der Waals surface area contributed by atoms with Gasteiger partial charge in [0.25, 0.3) is 10.2 Å². The van der Waals surface area contributed by atoms with E-state index in [0.29, 0.717) is 16.1 Å². The smallest absolute Gasteiger partial charge is 0.271 e. The molecule has 2 N–H and O–H groups in total. The van der Waals surface area contributed by atoms with E-state index in [1.165, 1.54) is 0 Å². The van der Waals surface area contributed by atoms with Crippen LogP contribution in [0.3, 0.4) is 0 Å². The number of anilines is 1. The van der Waals surface area contributed by atoms with E-state index >= 15 is 0 Å². The summed E-state index contributed by atoms with van der Waals surface area (Å²) in [6.07, 6.45) is 0. The van der Waals surface area contributed by atoms with Gasteiger partial charge in [-0.05, 0) is 54.7 Å². The second kappa shape index (κ2) is 8.67. The maximum atomic E-state index is 12.9. The predicted octanol–water partition coefficient (Wildman–Crippen LogP) is 4.35. The van der Waals surface area contributed by atoms with Crippen molar-refractivity contribution in [2.24, 2.45) is 0 Å². The molecular weight excluding hydrogens is 428 g/mol. The molecule has 0 unspecified atom stereocenters. The molecule has 0 bridgehead atoms. The molecule has 0 spiro atoms. The average Bonchev–Trinajstić information content (AvgIpc) is 2.56. The number of nitrogens with one attached hydrogen (secondary N) is 2. The lowest BCUT2D eigenvalue weighted by Crippen LogP contribution is -2.30. The zero-order valence-electron chi connectivity index (χ0n) is 17.5. The van der Waals surface area contributed by atoms with Gasteiger partial charge >= 0.3 is 0 Å². The van der Waals surface area contributed by atoms with Crippen LogP contribution >= 0.6 is 10.8 Å². The van der Waals surface area contributed by atoms with Gasteiger partial charge in [0, 0.05) is 22.2 Å². The maximum absolute atomic E-state index is 12.9. The molecule has 0 aliphatic rings. The first-order valence-corrected chi connectivity index (χ1v) is 13.5. The van der Waals surface area contributed by atoms with E-state index in [9.17, 15) is 16.8 Å². The fraction of sp³-hybridized carbons (Fsp3) is 0.400. The van der Waals surface area contributed by atoms with Gasteiger partial charge < -0.3 is 0 Å². The standard InChI is InChI=1S/C20H28N2O4S3/c1-7-21-29(25,26)22-18-13-17(20(4,5)6)19(12-15(18)3)27-28(23,24)16-10-8-14(2)9-11-16/h8-13,21-22H,7H2,1-6H3. The Bertz CT molecular complexity index is 1090. The summed E-state index contributed by atoms with van der Waals surface area (Å²) in [6.45, 7) is 11.5. The van der Waals surface area contributed by atoms with Crippen LogP contribution in [0.15, 0.2) is 46.2 Å². The van der Waals surface area contributed by atoms with E-state index in [1.807, 2.05) is 27.7 Å². The summed E-state index contributed by atoms with van der Waals surface area (Å²) in [6, 6.07) is 10.2. The van der Waals surface area contributed by atoms with Crippen LogP contribution in [0.2, 0.25) is 0 Å². The Hall–Kier alpha value is -1.55. The molecule has 0 aliphatic carbocycles.